The summed E-state index contributed by atoms with van der Waals surface area (Å²) < 4.78 is 1.51. The third kappa shape index (κ3) is 5.40. The van der Waals surface area contributed by atoms with Crippen LogP contribution >= 0.6 is 23.5 Å². The Bertz CT molecular complexity index is 1390. The number of nitrogens with zero attached hydrogens (tertiary/aromatic N) is 6. The summed E-state index contributed by atoms with van der Waals surface area (Å²) in [7, 11) is 0. The van der Waals surface area contributed by atoms with E-state index in [4.69, 9.17) is 0 Å². The second kappa shape index (κ2) is 11.5. The molecule has 2 saturated heterocycles. The van der Waals surface area contributed by atoms with Crippen LogP contribution in [0.2, 0.25) is 0 Å². The molecule has 0 bridgehead atoms. The van der Waals surface area contributed by atoms with Crippen molar-refractivity contribution < 1.29 is 53.8 Å². The van der Waals surface area contributed by atoms with Crippen LogP contribution in [0.15, 0.2) is 58.4 Å². The summed E-state index contributed by atoms with van der Waals surface area (Å²) in [6.07, 6.45) is 4.15. The molecule has 0 radical (unpaired) electrons. The molecule has 0 spiro atoms. The molecule has 0 unspecified atom stereocenters. The van der Waals surface area contributed by atoms with Gasteiger partial charge < -0.3 is 20.1 Å². The molecule has 2 aromatic rings. The molecule has 3 aliphatic heterocycles. The van der Waals surface area contributed by atoms with Crippen LogP contribution in [0.5, 0.6) is 0 Å². The first kappa shape index (κ1) is 27.9. The van der Waals surface area contributed by atoms with Gasteiger partial charge in [-0.05, 0) is 53.5 Å². The standard InChI is InChI=1S/C24H23N7O5S2.Na/c32-17(12-38-24-26-27-28-31(24)16-4-2-1-3-5-16)25-18-21(34)30-19(23(35)36)14(11-37-22(18)30)10-13-8-9-29(20(13)33)15-6-7-15;/h1-5,10,15,18,22H,6-9,11-12H2,(H,25,32)(H,35,36);/q;+1/p-1/b13-10+;/t18-,22-;/m1./s1. The number of amides is 3. The van der Waals surface area contributed by atoms with Crippen LogP contribution in [0, 0.1) is 0 Å². The zero-order valence-corrected chi connectivity index (χ0v) is 24.6. The van der Waals surface area contributed by atoms with E-state index in [0.29, 0.717) is 35.3 Å². The van der Waals surface area contributed by atoms with Gasteiger partial charge in [-0.25, -0.2) is 0 Å². The summed E-state index contributed by atoms with van der Waals surface area (Å²) in [5.74, 6) is -2.23. The maximum Gasteiger partial charge on any atom is 1.00 e. The summed E-state index contributed by atoms with van der Waals surface area (Å²) in [5, 5.41) is 26.2. The van der Waals surface area contributed by atoms with Crippen LogP contribution in [0.4, 0.5) is 0 Å². The quantitative estimate of drug-likeness (QED) is 0.145. The Morgan fingerprint density at radius 2 is 1.97 bits per heavy atom. The fraction of sp³-hybridized carbons (Fsp3) is 0.375. The predicted molar refractivity (Wildman–Crippen MR) is 134 cm³/mol. The number of fused-ring (bicyclic) bond motifs is 1. The van der Waals surface area contributed by atoms with Crippen molar-refractivity contribution in [1.82, 2.24) is 35.3 Å². The fourth-order valence-electron chi connectivity index (χ4n) is 4.80. The van der Waals surface area contributed by atoms with Gasteiger partial charge in [-0.2, -0.15) is 4.68 Å². The number of carbonyl (C=O) groups excluding carboxylic acids is 4. The molecule has 1 saturated carbocycles. The van der Waals surface area contributed by atoms with Crippen molar-refractivity contribution in [2.24, 2.45) is 0 Å². The molecule has 15 heteroatoms. The van der Waals surface area contributed by atoms with E-state index >= 15 is 0 Å². The molecule has 1 aromatic heterocycles. The molecule has 196 valence electrons. The second-order valence-electron chi connectivity index (χ2n) is 9.26. The number of likely N-dealkylation sites (tertiary alicyclic amines) is 1. The van der Waals surface area contributed by atoms with E-state index in [0.717, 1.165) is 35.2 Å². The Kier molecular flexibility index (Phi) is 8.19. The monoisotopic (exact) mass is 575 g/mol. The van der Waals surface area contributed by atoms with E-state index in [-0.39, 0.29) is 52.7 Å². The Morgan fingerprint density at radius 3 is 2.69 bits per heavy atom. The Hall–Kier alpha value is -2.65. The second-order valence-corrected chi connectivity index (χ2v) is 11.3. The van der Waals surface area contributed by atoms with Gasteiger partial charge in [-0.3, -0.25) is 19.3 Å². The molecule has 2 atom stereocenters. The minimum absolute atomic E-state index is 0. The first-order chi connectivity index (χ1) is 18.4. The van der Waals surface area contributed by atoms with Crippen LogP contribution in [0.25, 0.3) is 5.69 Å². The number of tetrazole rings is 1. The average molecular weight is 576 g/mol. The number of para-hydroxylation sites is 1. The van der Waals surface area contributed by atoms with Crippen LogP contribution in [0.1, 0.15) is 19.3 Å². The molecular weight excluding hydrogens is 553 g/mol. The number of carboxylic acids is 1. The van der Waals surface area contributed by atoms with Gasteiger partial charge in [0, 0.05) is 23.9 Å². The van der Waals surface area contributed by atoms with Crippen LogP contribution in [0.3, 0.4) is 0 Å². The van der Waals surface area contributed by atoms with E-state index in [1.807, 2.05) is 35.2 Å². The summed E-state index contributed by atoms with van der Waals surface area (Å²) in [6, 6.07) is 8.66. The third-order valence-corrected chi connectivity index (χ3v) is 9.00. The molecule has 6 rings (SSSR count). The molecular formula is C24H22N7NaO5S2. The fourth-order valence-corrected chi connectivity index (χ4v) is 6.81. The normalized spacial score (nSPS) is 23.4. The SMILES string of the molecule is O=C(CSc1nnnn1-c1ccccc1)N[C@@H]1C(=O)N2C(C(=O)[O-])=C(/C=C3\CCN(C4CC4)C3=O)CS[C@H]12.[Na+]. The number of aliphatic carboxylic acids is 1. The molecule has 3 fully saturated rings. The zero-order valence-electron chi connectivity index (χ0n) is 21.0. The van der Waals surface area contributed by atoms with Crippen molar-refractivity contribution in [2.45, 2.75) is 41.9 Å². The molecule has 4 aliphatic rings. The number of nitrogens with one attached hydrogen (secondary N) is 1. The van der Waals surface area contributed by atoms with Gasteiger partial charge in [0.15, 0.2) is 0 Å². The number of benzene rings is 1. The van der Waals surface area contributed by atoms with Crippen LogP contribution in [-0.2, 0) is 19.2 Å². The summed E-state index contributed by atoms with van der Waals surface area (Å²) in [6.45, 7) is 0.630. The number of carbonyl (C=O) groups is 4. The first-order valence-corrected chi connectivity index (χ1v) is 14.1. The molecule has 4 heterocycles. The number of hydrogen-bond acceptors (Lipinski definition) is 10. The first-order valence-electron chi connectivity index (χ1n) is 12.1. The van der Waals surface area contributed by atoms with E-state index in [1.54, 1.807) is 6.08 Å². The van der Waals surface area contributed by atoms with Crippen molar-refractivity contribution in [3.8, 4) is 5.69 Å². The van der Waals surface area contributed by atoms with Gasteiger partial charge in [0.2, 0.25) is 17.0 Å². The molecule has 12 nitrogen and oxygen atoms in total. The molecule has 39 heavy (non-hydrogen) atoms. The summed E-state index contributed by atoms with van der Waals surface area (Å²) in [5.41, 5.74) is 1.45. The number of β-lactam (4-membered cyclic amide) rings is 1. The van der Waals surface area contributed by atoms with Gasteiger partial charge in [0.25, 0.3) is 5.91 Å². The van der Waals surface area contributed by atoms with Gasteiger partial charge in [-0.15, -0.1) is 16.9 Å². The van der Waals surface area contributed by atoms with E-state index in [2.05, 4.69) is 20.8 Å². The number of aromatic nitrogens is 4. The third-order valence-electron chi connectivity index (χ3n) is 6.78. The van der Waals surface area contributed by atoms with E-state index in [1.165, 1.54) is 16.4 Å². The van der Waals surface area contributed by atoms with Crippen molar-refractivity contribution in [2.75, 3.05) is 18.1 Å². The molecule has 1 N–H and O–H groups in total. The van der Waals surface area contributed by atoms with Gasteiger partial charge >= 0.3 is 29.6 Å². The largest absolute Gasteiger partial charge is 1.00 e. The zero-order chi connectivity index (χ0) is 26.4. The van der Waals surface area contributed by atoms with Crippen molar-refractivity contribution in [3.63, 3.8) is 0 Å². The Morgan fingerprint density at radius 1 is 1.21 bits per heavy atom. The number of thioether (sulfide) groups is 2. The van der Waals surface area contributed by atoms with Gasteiger partial charge in [0.1, 0.15) is 11.4 Å². The van der Waals surface area contributed by atoms with Gasteiger partial charge in [0.05, 0.1) is 23.1 Å². The number of hydrogen-bond donors (Lipinski definition) is 1. The smallest absolute Gasteiger partial charge is 0.543 e. The summed E-state index contributed by atoms with van der Waals surface area (Å²) in [4.78, 5) is 53.3. The number of rotatable bonds is 8. The van der Waals surface area contributed by atoms with Crippen molar-refractivity contribution in [3.05, 3.63) is 53.3 Å². The maximum atomic E-state index is 12.9. The minimum Gasteiger partial charge on any atom is -0.543 e. The van der Waals surface area contributed by atoms with E-state index in [9.17, 15) is 24.3 Å². The number of allylic oxidation sites excluding steroid dienone is 1. The molecule has 3 amide bonds. The van der Waals surface area contributed by atoms with Gasteiger partial charge in [-0.1, -0.05) is 30.0 Å². The van der Waals surface area contributed by atoms with E-state index < -0.39 is 29.2 Å². The molecule has 1 aliphatic carbocycles. The van der Waals surface area contributed by atoms with Crippen LogP contribution < -0.4 is 40.0 Å². The summed E-state index contributed by atoms with van der Waals surface area (Å²) >= 11 is 2.46. The van der Waals surface area contributed by atoms with Crippen molar-refractivity contribution in [1.29, 1.82) is 0 Å². The molecule has 1 aromatic carbocycles. The predicted octanol–water partition coefficient (Wildman–Crippen LogP) is -3.52. The maximum absolute atomic E-state index is 12.9. The van der Waals surface area contributed by atoms with Crippen LogP contribution in [-0.4, -0.2) is 89.2 Å². The topological polar surface area (TPSA) is 153 Å². The Labute approximate surface area is 253 Å². The van der Waals surface area contributed by atoms with Crippen molar-refractivity contribution >= 4 is 47.2 Å². The Balaban J connectivity index is 0.00000308. The average Bonchev–Trinajstić information content (AvgIpc) is 3.54. The number of carboxylic acid groups (broad SMARTS) is 1. The minimum atomic E-state index is -1.48.